The number of aromatic nitrogens is 1. The molecule has 0 spiro atoms. The minimum absolute atomic E-state index is 0.214. The number of hydrogen-bond donors (Lipinski definition) is 2. The SMILES string of the molecule is Fc1ccc2c(-c3cccc(SN4CCNCC4)c3)c[nH]c2c1. The molecule has 0 atom stereocenters. The van der Waals surface area contributed by atoms with E-state index in [-0.39, 0.29) is 5.82 Å². The Bertz CT molecular complexity index is 824. The molecule has 5 heteroatoms. The Balaban J connectivity index is 1.64. The van der Waals surface area contributed by atoms with E-state index in [9.17, 15) is 4.39 Å². The number of piperazine rings is 1. The number of H-pyrrole nitrogens is 1. The van der Waals surface area contributed by atoms with Gasteiger partial charge in [-0.25, -0.2) is 8.70 Å². The van der Waals surface area contributed by atoms with E-state index in [1.54, 1.807) is 11.9 Å². The number of benzene rings is 2. The van der Waals surface area contributed by atoms with E-state index in [4.69, 9.17) is 0 Å². The largest absolute Gasteiger partial charge is 0.360 e. The van der Waals surface area contributed by atoms with E-state index in [1.165, 1.54) is 17.0 Å². The number of nitrogens with zero attached hydrogens (tertiary/aromatic N) is 1. The third-order valence-electron chi connectivity index (χ3n) is 4.10. The molecule has 0 unspecified atom stereocenters. The molecule has 23 heavy (non-hydrogen) atoms. The number of aromatic amines is 1. The van der Waals surface area contributed by atoms with E-state index in [2.05, 4.69) is 38.9 Å². The summed E-state index contributed by atoms with van der Waals surface area (Å²) in [6.07, 6.45) is 1.96. The molecule has 3 aromatic rings. The van der Waals surface area contributed by atoms with Crippen molar-refractivity contribution in [2.75, 3.05) is 26.2 Å². The van der Waals surface area contributed by atoms with Crippen LogP contribution in [0.25, 0.3) is 22.0 Å². The maximum absolute atomic E-state index is 13.3. The van der Waals surface area contributed by atoms with Gasteiger partial charge in [-0.15, -0.1) is 0 Å². The van der Waals surface area contributed by atoms with E-state index in [0.29, 0.717) is 0 Å². The van der Waals surface area contributed by atoms with Gasteiger partial charge in [-0.3, -0.25) is 0 Å². The number of hydrogen-bond acceptors (Lipinski definition) is 3. The Morgan fingerprint density at radius 3 is 2.78 bits per heavy atom. The van der Waals surface area contributed by atoms with E-state index in [1.807, 2.05) is 12.3 Å². The summed E-state index contributed by atoms with van der Waals surface area (Å²) in [5.41, 5.74) is 3.10. The molecule has 1 aromatic heterocycles. The summed E-state index contributed by atoms with van der Waals surface area (Å²) >= 11 is 1.81. The Morgan fingerprint density at radius 1 is 1.04 bits per heavy atom. The van der Waals surface area contributed by atoms with Crippen LogP contribution >= 0.6 is 11.9 Å². The molecular formula is C18H18FN3S. The smallest absolute Gasteiger partial charge is 0.125 e. The number of rotatable bonds is 3. The molecule has 1 aliphatic rings. The van der Waals surface area contributed by atoms with Crippen LogP contribution in [-0.2, 0) is 0 Å². The predicted molar refractivity (Wildman–Crippen MR) is 94.0 cm³/mol. The molecule has 1 aliphatic heterocycles. The van der Waals surface area contributed by atoms with Gasteiger partial charge < -0.3 is 10.3 Å². The monoisotopic (exact) mass is 327 g/mol. The van der Waals surface area contributed by atoms with Crippen molar-refractivity contribution in [2.24, 2.45) is 0 Å². The topological polar surface area (TPSA) is 31.1 Å². The first-order valence-electron chi connectivity index (χ1n) is 7.80. The maximum atomic E-state index is 13.3. The highest BCUT2D eigenvalue weighted by atomic mass is 32.2. The van der Waals surface area contributed by atoms with E-state index >= 15 is 0 Å². The zero-order valence-electron chi connectivity index (χ0n) is 12.7. The zero-order valence-corrected chi connectivity index (χ0v) is 13.5. The van der Waals surface area contributed by atoms with Crippen molar-refractivity contribution >= 4 is 22.9 Å². The minimum atomic E-state index is -0.214. The number of fused-ring (bicyclic) bond motifs is 1. The van der Waals surface area contributed by atoms with Gasteiger partial charge in [-0.05, 0) is 47.8 Å². The Morgan fingerprint density at radius 2 is 1.91 bits per heavy atom. The average Bonchev–Trinajstić information content (AvgIpc) is 2.99. The lowest BCUT2D eigenvalue weighted by Crippen LogP contribution is -2.39. The molecule has 2 N–H and O–H groups in total. The molecular weight excluding hydrogens is 309 g/mol. The highest BCUT2D eigenvalue weighted by molar-refractivity contribution is 7.97. The first kappa shape index (κ1) is 14.8. The van der Waals surface area contributed by atoms with Gasteiger partial charge in [0.15, 0.2) is 0 Å². The van der Waals surface area contributed by atoms with Gasteiger partial charge >= 0.3 is 0 Å². The second kappa shape index (κ2) is 6.35. The van der Waals surface area contributed by atoms with Gasteiger partial charge in [-0.1, -0.05) is 12.1 Å². The van der Waals surface area contributed by atoms with Crippen molar-refractivity contribution in [3.8, 4) is 11.1 Å². The van der Waals surface area contributed by atoms with Crippen LogP contribution < -0.4 is 5.32 Å². The lowest BCUT2D eigenvalue weighted by molar-refractivity contribution is 0.396. The first-order valence-corrected chi connectivity index (χ1v) is 8.58. The van der Waals surface area contributed by atoms with Gasteiger partial charge in [0.05, 0.1) is 0 Å². The summed E-state index contributed by atoms with van der Waals surface area (Å²) in [7, 11) is 0. The van der Waals surface area contributed by atoms with Crippen LogP contribution in [0.15, 0.2) is 53.6 Å². The van der Waals surface area contributed by atoms with Crippen LogP contribution in [0, 0.1) is 5.82 Å². The van der Waals surface area contributed by atoms with Crippen molar-refractivity contribution in [2.45, 2.75) is 4.90 Å². The highest BCUT2D eigenvalue weighted by Crippen LogP contribution is 2.32. The molecule has 0 aliphatic carbocycles. The molecule has 0 amide bonds. The second-order valence-corrected chi connectivity index (χ2v) is 6.86. The van der Waals surface area contributed by atoms with E-state index in [0.717, 1.165) is 48.2 Å². The van der Waals surface area contributed by atoms with Crippen LogP contribution in [-0.4, -0.2) is 35.5 Å². The lowest BCUT2D eigenvalue weighted by atomic mass is 10.1. The van der Waals surface area contributed by atoms with Gasteiger partial charge in [0.25, 0.3) is 0 Å². The van der Waals surface area contributed by atoms with Crippen LogP contribution in [0.5, 0.6) is 0 Å². The van der Waals surface area contributed by atoms with Crippen molar-refractivity contribution in [1.29, 1.82) is 0 Å². The summed E-state index contributed by atoms with van der Waals surface area (Å²) in [5.74, 6) is -0.214. The van der Waals surface area contributed by atoms with Crippen LogP contribution in [0.3, 0.4) is 0 Å². The average molecular weight is 327 g/mol. The summed E-state index contributed by atoms with van der Waals surface area (Å²) in [4.78, 5) is 4.40. The third kappa shape index (κ3) is 3.13. The minimum Gasteiger partial charge on any atom is -0.360 e. The molecule has 2 heterocycles. The first-order chi connectivity index (χ1) is 11.3. The molecule has 4 rings (SSSR count). The van der Waals surface area contributed by atoms with Crippen molar-refractivity contribution in [3.63, 3.8) is 0 Å². The highest BCUT2D eigenvalue weighted by Gasteiger charge is 2.12. The van der Waals surface area contributed by atoms with Crippen molar-refractivity contribution < 1.29 is 4.39 Å². The van der Waals surface area contributed by atoms with Gasteiger partial charge in [0.2, 0.25) is 0 Å². The molecule has 2 aromatic carbocycles. The fourth-order valence-electron chi connectivity index (χ4n) is 2.94. The Labute approximate surface area is 139 Å². The number of nitrogens with one attached hydrogen (secondary N) is 2. The fraction of sp³-hybridized carbons (Fsp3) is 0.222. The van der Waals surface area contributed by atoms with Crippen molar-refractivity contribution in [1.82, 2.24) is 14.6 Å². The Hall–Kier alpha value is -1.82. The summed E-state index contributed by atoms with van der Waals surface area (Å²) in [6.45, 7) is 4.20. The van der Waals surface area contributed by atoms with E-state index < -0.39 is 0 Å². The summed E-state index contributed by atoms with van der Waals surface area (Å²) < 4.78 is 15.7. The van der Waals surface area contributed by atoms with Gasteiger partial charge in [-0.2, -0.15) is 0 Å². The summed E-state index contributed by atoms with van der Waals surface area (Å²) in [6, 6.07) is 13.4. The van der Waals surface area contributed by atoms with Crippen molar-refractivity contribution in [3.05, 3.63) is 54.5 Å². The molecule has 0 bridgehead atoms. The number of halogens is 1. The summed E-state index contributed by atoms with van der Waals surface area (Å²) in [5, 5.41) is 4.42. The molecule has 0 radical (unpaired) electrons. The molecule has 118 valence electrons. The van der Waals surface area contributed by atoms with Gasteiger partial charge in [0.1, 0.15) is 5.82 Å². The Kier molecular flexibility index (Phi) is 4.08. The van der Waals surface area contributed by atoms with Crippen LogP contribution in [0.1, 0.15) is 0 Å². The lowest BCUT2D eigenvalue weighted by Gasteiger charge is -2.25. The van der Waals surface area contributed by atoms with Crippen LogP contribution in [0.2, 0.25) is 0 Å². The molecule has 1 fully saturated rings. The molecule has 0 saturated carbocycles. The zero-order chi connectivity index (χ0) is 15.6. The normalized spacial score (nSPS) is 16.0. The maximum Gasteiger partial charge on any atom is 0.125 e. The molecule has 3 nitrogen and oxygen atoms in total. The quantitative estimate of drug-likeness (QED) is 0.716. The third-order valence-corrected chi connectivity index (χ3v) is 5.19. The standard InChI is InChI=1S/C18H18FN3S/c19-14-4-5-16-17(12-21-18(16)11-14)13-2-1-3-15(10-13)23-22-8-6-20-7-9-22/h1-5,10-12,20-21H,6-9H2. The van der Waals surface area contributed by atoms with Crippen LogP contribution in [0.4, 0.5) is 4.39 Å². The second-order valence-electron chi connectivity index (χ2n) is 5.69. The predicted octanol–water partition coefficient (Wildman–Crippen LogP) is 3.89. The molecule has 1 saturated heterocycles. The van der Waals surface area contributed by atoms with Gasteiger partial charge in [0, 0.05) is 53.7 Å². The fourth-order valence-corrected chi connectivity index (χ4v) is 3.92.